The van der Waals surface area contributed by atoms with Gasteiger partial charge < -0.3 is 10.0 Å². The molecule has 1 amide bonds. The zero-order valence-corrected chi connectivity index (χ0v) is 14.3. The Morgan fingerprint density at radius 3 is 2.46 bits per heavy atom. The average Bonchev–Trinajstić information content (AvgIpc) is 3.11. The summed E-state index contributed by atoms with van der Waals surface area (Å²) >= 11 is 0. The van der Waals surface area contributed by atoms with Crippen molar-refractivity contribution in [3.05, 3.63) is 53.6 Å². The number of aliphatic carboxylic acids is 1. The Bertz CT molecular complexity index is 767. The zero-order valence-electron chi connectivity index (χ0n) is 14.3. The van der Waals surface area contributed by atoms with E-state index in [1.165, 1.54) is 23.0 Å². The first-order valence-corrected chi connectivity index (χ1v) is 8.51. The molecule has 0 saturated carbocycles. The Labute approximate surface area is 150 Å². The van der Waals surface area contributed by atoms with Crippen molar-refractivity contribution in [1.82, 2.24) is 19.6 Å². The van der Waals surface area contributed by atoms with E-state index in [1.807, 2.05) is 0 Å². The molecule has 1 saturated heterocycles. The maximum absolute atomic E-state index is 13.0. The van der Waals surface area contributed by atoms with Crippen LogP contribution in [0.15, 0.2) is 36.7 Å². The molecule has 7 nitrogen and oxygen atoms in total. The molecule has 26 heavy (non-hydrogen) atoms. The first kappa shape index (κ1) is 18.1. The quantitative estimate of drug-likeness (QED) is 0.844. The van der Waals surface area contributed by atoms with E-state index in [2.05, 4.69) is 10.00 Å². The summed E-state index contributed by atoms with van der Waals surface area (Å²) in [6, 6.07) is 6.46. The van der Waals surface area contributed by atoms with E-state index in [9.17, 15) is 14.0 Å². The molecule has 1 aromatic carbocycles. The number of benzene rings is 1. The van der Waals surface area contributed by atoms with Gasteiger partial charge in [-0.1, -0.05) is 12.1 Å². The number of amides is 1. The summed E-state index contributed by atoms with van der Waals surface area (Å²) in [5, 5.41) is 12.7. The smallest absolute Gasteiger partial charge is 0.305 e. The fraction of sp³-hybridized carbons (Fsp3) is 0.389. The summed E-state index contributed by atoms with van der Waals surface area (Å²) in [6.45, 7) is 3.69. The minimum absolute atomic E-state index is 0.0304. The minimum atomic E-state index is -0.898. The second kappa shape index (κ2) is 8.09. The first-order valence-electron chi connectivity index (χ1n) is 8.51. The van der Waals surface area contributed by atoms with Gasteiger partial charge in [-0.25, -0.2) is 4.39 Å². The summed E-state index contributed by atoms with van der Waals surface area (Å²) < 4.78 is 14.4. The molecular formula is C18H21FN4O3. The lowest BCUT2D eigenvalue weighted by Gasteiger charge is -2.34. The number of carboxylic acids is 1. The van der Waals surface area contributed by atoms with Crippen molar-refractivity contribution in [2.75, 3.05) is 26.2 Å². The van der Waals surface area contributed by atoms with Gasteiger partial charge in [0.2, 0.25) is 0 Å². The number of halogens is 1. The number of rotatable bonds is 6. The third-order valence-corrected chi connectivity index (χ3v) is 4.41. The molecule has 1 aliphatic heterocycles. The Kier molecular flexibility index (Phi) is 5.62. The van der Waals surface area contributed by atoms with E-state index < -0.39 is 5.97 Å². The van der Waals surface area contributed by atoms with Crippen LogP contribution >= 0.6 is 0 Å². The van der Waals surface area contributed by atoms with Crippen molar-refractivity contribution >= 4 is 11.9 Å². The molecule has 2 aromatic rings. The molecule has 0 atom stereocenters. The van der Waals surface area contributed by atoms with Crippen LogP contribution in [-0.4, -0.2) is 62.7 Å². The number of hydrogen-bond donors (Lipinski definition) is 1. The SMILES string of the molecule is O=C(O)CCn1cc(C(=O)N2CCN(Cc3ccc(F)cc3)CC2)cn1. The molecule has 1 fully saturated rings. The number of aryl methyl sites for hydroxylation is 1. The lowest BCUT2D eigenvalue weighted by Crippen LogP contribution is -2.48. The molecule has 0 unspecified atom stereocenters. The van der Waals surface area contributed by atoms with Crippen LogP contribution in [0, 0.1) is 5.82 Å². The molecule has 138 valence electrons. The van der Waals surface area contributed by atoms with Gasteiger partial charge in [0, 0.05) is 38.9 Å². The van der Waals surface area contributed by atoms with Gasteiger partial charge in [0.25, 0.3) is 5.91 Å². The van der Waals surface area contributed by atoms with Crippen LogP contribution in [0.5, 0.6) is 0 Å². The highest BCUT2D eigenvalue weighted by atomic mass is 19.1. The molecule has 1 aromatic heterocycles. The maximum Gasteiger partial charge on any atom is 0.305 e. The minimum Gasteiger partial charge on any atom is -0.481 e. The van der Waals surface area contributed by atoms with Gasteiger partial charge in [-0.2, -0.15) is 5.10 Å². The fourth-order valence-electron chi connectivity index (χ4n) is 2.95. The summed E-state index contributed by atoms with van der Waals surface area (Å²) in [4.78, 5) is 27.2. The van der Waals surface area contributed by atoms with Gasteiger partial charge in [0.15, 0.2) is 0 Å². The molecule has 0 spiro atoms. The number of hydrogen-bond acceptors (Lipinski definition) is 4. The lowest BCUT2D eigenvalue weighted by molar-refractivity contribution is -0.137. The predicted octanol–water partition coefficient (Wildman–Crippen LogP) is 1.45. The van der Waals surface area contributed by atoms with Gasteiger partial charge in [-0.3, -0.25) is 19.2 Å². The third kappa shape index (κ3) is 4.66. The normalized spacial score (nSPS) is 15.2. The number of carbonyl (C=O) groups excluding carboxylic acids is 1. The van der Waals surface area contributed by atoms with Gasteiger partial charge >= 0.3 is 5.97 Å². The van der Waals surface area contributed by atoms with Crippen molar-refractivity contribution in [2.24, 2.45) is 0 Å². The monoisotopic (exact) mass is 360 g/mol. The van der Waals surface area contributed by atoms with Crippen LogP contribution < -0.4 is 0 Å². The topological polar surface area (TPSA) is 78.7 Å². The Balaban J connectivity index is 1.50. The number of aromatic nitrogens is 2. The van der Waals surface area contributed by atoms with E-state index >= 15 is 0 Å². The number of carbonyl (C=O) groups is 2. The highest BCUT2D eigenvalue weighted by Crippen LogP contribution is 2.12. The van der Waals surface area contributed by atoms with Crippen molar-refractivity contribution < 1.29 is 19.1 Å². The van der Waals surface area contributed by atoms with E-state index in [4.69, 9.17) is 5.11 Å². The average molecular weight is 360 g/mol. The molecule has 0 radical (unpaired) electrons. The fourth-order valence-corrected chi connectivity index (χ4v) is 2.95. The van der Waals surface area contributed by atoms with Crippen LogP contribution in [0.4, 0.5) is 4.39 Å². The first-order chi connectivity index (χ1) is 12.5. The number of nitrogens with zero attached hydrogens (tertiary/aromatic N) is 4. The highest BCUT2D eigenvalue weighted by molar-refractivity contribution is 5.93. The van der Waals surface area contributed by atoms with Gasteiger partial charge in [0.1, 0.15) is 5.82 Å². The van der Waals surface area contributed by atoms with Crippen LogP contribution in [0.3, 0.4) is 0 Å². The van der Waals surface area contributed by atoms with E-state index in [0.29, 0.717) is 18.7 Å². The number of carboxylic acid groups (broad SMARTS) is 1. The lowest BCUT2D eigenvalue weighted by atomic mass is 10.2. The largest absolute Gasteiger partial charge is 0.481 e. The van der Waals surface area contributed by atoms with Gasteiger partial charge in [0.05, 0.1) is 24.7 Å². The van der Waals surface area contributed by atoms with Crippen LogP contribution in [-0.2, 0) is 17.9 Å². The molecular weight excluding hydrogens is 339 g/mol. The van der Waals surface area contributed by atoms with Crippen molar-refractivity contribution in [2.45, 2.75) is 19.5 Å². The van der Waals surface area contributed by atoms with Crippen molar-refractivity contribution in [3.63, 3.8) is 0 Å². The summed E-state index contributed by atoms with van der Waals surface area (Å²) in [5.41, 5.74) is 1.52. The molecule has 8 heteroatoms. The van der Waals surface area contributed by atoms with Crippen molar-refractivity contribution in [1.29, 1.82) is 0 Å². The maximum atomic E-state index is 13.0. The Morgan fingerprint density at radius 1 is 1.12 bits per heavy atom. The summed E-state index contributed by atoms with van der Waals surface area (Å²) in [5.74, 6) is -1.23. The van der Waals surface area contributed by atoms with E-state index in [-0.39, 0.29) is 24.7 Å². The second-order valence-corrected chi connectivity index (χ2v) is 6.33. The summed E-state index contributed by atoms with van der Waals surface area (Å²) in [6.07, 6.45) is 3.04. The Morgan fingerprint density at radius 2 is 1.81 bits per heavy atom. The zero-order chi connectivity index (χ0) is 18.5. The van der Waals surface area contributed by atoms with Gasteiger partial charge in [-0.05, 0) is 17.7 Å². The third-order valence-electron chi connectivity index (χ3n) is 4.41. The molecule has 0 aliphatic carbocycles. The molecule has 1 N–H and O–H groups in total. The van der Waals surface area contributed by atoms with Crippen LogP contribution in [0.1, 0.15) is 22.3 Å². The van der Waals surface area contributed by atoms with E-state index in [1.54, 1.807) is 23.2 Å². The van der Waals surface area contributed by atoms with Gasteiger partial charge in [-0.15, -0.1) is 0 Å². The predicted molar refractivity (Wildman–Crippen MR) is 92.1 cm³/mol. The van der Waals surface area contributed by atoms with E-state index in [0.717, 1.165) is 25.2 Å². The van der Waals surface area contributed by atoms with Crippen molar-refractivity contribution in [3.8, 4) is 0 Å². The molecule has 1 aliphatic rings. The standard InChI is InChI=1S/C18H21FN4O3/c19-16-3-1-14(2-4-16)12-21-7-9-22(10-8-21)18(26)15-11-20-23(13-15)6-5-17(24)25/h1-4,11,13H,5-10,12H2,(H,24,25). The van der Waals surface area contributed by atoms with Crippen LogP contribution in [0.2, 0.25) is 0 Å². The molecule has 2 heterocycles. The summed E-state index contributed by atoms with van der Waals surface area (Å²) in [7, 11) is 0. The second-order valence-electron chi connectivity index (χ2n) is 6.33. The Hall–Kier alpha value is -2.74. The highest BCUT2D eigenvalue weighted by Gasteiger charge is 2.23. The number of piperazine rings is 1. The molecule has 3 rings (SSSR count). The van der Waals surface area contributed by atoms with Crippen LogP contribution in [0.25, 0.3) is 0 Å². The molecule has 0 bridgehead atoms.